The Bertz CT molecular complexity index is 1810. The molecule has 8 nitrogen and oxygen atoms in total. The van der Waals surface area contributed by atoms with E-state index in [1.165, 1.54) is 10.5 Å². The van der Waals surface area contributed by atoms with Crippen LogP contribution >= 0.6 is 0 Å². The Labute approximate surface area is 218 Å². The first-order valence-electron chi connectivity index (χ1n) is 12.8. The zero-order valence-corrected chi connectivity index (χ0v) is 21.4. The molecule has 0 saturated heterocycles. The molecule has 2 aromatic carbocycles. The van der Waals surface area contributed by atoms with E-state index in [4.69, 9.17) is 9.72 Å². The topological polar surface area (TPSA) is 95.0 Å². The predicted molar refractivity (Wildman–Crippen MR) is 146 cm³/mol. The van der Waals surface area contributed by atoms with Crippen LogP contribution in [0.3, 0.4) is 0 Å². The molecule has 0 fully saturated rings. The number of ether oxygens (including phenoxy) is 1. The lowest BCUT2D eigenvalue weighted by Crippen LogP contribution is -2.33. The predicted octanol–water partition coefficient (Wildman–Crippen LogP) is 4.45. The third-order valence-corrected chi connectivity index (χ3v) is 6.47. The summed E-state index contributed by atoms with van der Waals surface area (Å²) in [5.74, 6) is -1.05. The molecule has 0 aliphatic heterocycles. The van der Waals surface area contributed by atoms with Gasteiger partial charge in [0.2, 0.25) is 0 Å². The number of pyridine rings is 2. The molecular weight excluding hydrogens is 480 g/mol. The van der Waals surface area contributed by atoms with Crippen LogP contribution in [0.5, 0.6) is 0 Å². The van der Waals surface area contributed by atoms with E-state index >= 15 is 0 Å². The minimum Gasteiger partial charge on any atom is -0.462 e. The molecule has 0 N–H and O–H groups in total. The van der Waals surface area contributed by atoms with Crippen molar-refractivity contribution < 1.29 is 14.3 Å². The summed E-state index contributed by atoms with van der Waals surface area (Å²) < 4.78 is 8.45. The van der Waals surface area contributed by atoms with E-state index < -0.39 is 11.9 Å². The highest BCUT2D eigenvalue weighted by atomic mass is 16.5. The monoisotopic (exact) mass is 508 g/mol. The summed E-state index contributed by atoms with van der Waals surface area (Å²) in [6, 6.07) is 20.4. The maximum Gasteiger partial charge on any atom is 0.341 e. The van der Waals surface area contributed by atoms with Crippen LogP contribution < -0.4 is 11.0 Å². The Hall–Kier alpha value is -4.59. The van der Waals surface area contributed by atoms with Gasteiger partial charge in [-0.25, -0.2) is 9.78 Å². The van der Waals surface area contributed by atoms with Gasteiger partial charge in [0.15, 0.2) is 5.49 Å². The fourth-order valence-corrected chi connectivity index (χ4v) is 4.65. The van der Waals surface area contributed by atoms with E-state index in [0.29, 0.717) is 17.8 Å². The van der Waals surface area contributed by atoms with Gasteiger partial charge in [-0.1, -0.05) is 61.9 Å². The van der Waals surface area contributed by atoms with Crippen LogP contribution in [0.25, 0.3) is 27.5 Å². The number of rotatable bonds is 7. The standard InChI is InChI=1S/C30H28N4O4/c1-3-5-16-34-27-23(29(36)33-17-9-8-15-25(33)31-27)19-24(30(37)38-4-2)28(34)32-26(35)18-21-13-10-12-20-11-6-7-14-22(20)21/h6-15,17,19H,3-5,16,18H2,1-2H3. The minimum atomic E-state index is -0.645. The molecule has 192 valence electrons. The first-order chi connectivity index (χ1) is 18.5. The van der Waals surface area contributed by atoms with Gasteiger partial charge in [0.05, 0.1) is 18.4 Å². The summed E-state index contributed by atoms with van der Waals surface area (Å²) in [5, 5.41) is 2.27. The fourth-order valence-electron chi connectivity index (χ4n) is 4.65. The van der Waals surface area contributed by atoms with Gasteiger partial charge in [-0.2, -0.15) is 4.99 Å². The maximum absolute atomic E-state index is 13.4. The summed E-state index contributed by atoms with van der Waals surface area (Å²) in [4.78, 5) is 49.1. The van der Waals surface area contributed by atoms with E-state index in [-0.39, 0.29) is 35.0 Å². The molecule has 3 aromatic heterocycles. The van der Waals surface area contributed by atoms with Gasteiger partial charge >= 0.3 is 5.97 Å². The molecule has 0 unspecified atom stereocenters. The number of unbranched alkanes of at least 4 members (excludes halogenated alkanes) is 1. The molecule has 0 saturated carbocycles. The molecule has 0 aliphatic rings. The number of carbonyl (C=O) groups excluding carboxylic acids is 2. The van der Waals surface area contributed by atoms with E-state index in [9.17, 15) is 14.4 Å². The second-order valence-corrected chi connectivity index (χ2v) is 9.01. The van der Waals surface area contributed by atoms with Crippen LogP contribution in [0.2, 0.25) is 0 Å². The lowest BCUT2D eigenvalue weighted by molar-refractivity contribution is -0.117. The minimum absolute atomic E-state index is 0.0588. The van der Waals surface area contributed by atoms with Crippen LogP contribution in [0, 0.1) is 0 Å². The van der Waals surface area contributed by atoms with E-state index in [1.807, 2.05) is 49.4 Å². The van der Waals surface area contributed by atoms with Crippen molar-refractivity contribution in [3.63, 3.8) is 0 Å². The molecule has 5 aromatic rings. The molecule has 0 atom stereocenters. The number of esters is 1. The van der Waals surface area contributed by atoms with Crippen LogP contribution in [-0.2, 0) is 22.5 Å². The first kappa shape index (κ1) is 25.1. The quantitative estimate of drug-likeness (QED) is 0.239. The van der Waals surface area contributed by atoms with Crippen molar-refractivity contribution >= 4 is 39.3 Å². The summed E-state index contributed by atoms with van der Waals surface area (Å²) >= 11 is 0. The van der Waals surface area contributed by atoms with Gasteiger partial charge in [-0.15, -0.1) is 0 Å². The lowest BCUT2D eigenvalue weighted by atomic mass is 10.0. The molecule has 3 heterocycles. The van der Waals surface area contributed by atoms with Crippen molar-refractivity contribution in [2.24, 2.45) is 4.99 Å². The maximum atomic E-state index is 13.4. The van der Waals surface area contributed by atoms with E-state index in [0.717, 1.165) is 29.2 Å². The second-order valence-electron chi connectivity index (χ2n) is 9.01. The van der Waals surface area contributed by atoms with Crippen LogP contribution in [0.4, 0.5) is 0 Å². The molecule has 0 spiro atoms. The average Bonchev–Trinajstić information content (AvgIpc) is 2.93. The van der Waals surface area contributed by atoms with E-state index in [2.05, 4.69) is 4.99 Å². The number of aromatic nitrogens is 3. The number of fused-ring (bicyclic) bond motifs is 3. The number of hydrogen-bond donors (Lipinski definition) is 0. The van der Waals surface area contributed by atoms with Crippen LogP contribution in [0.15, 0.2) is 82.7 Å². The highest BCUT2D eigenvalue weighted by Crippen LogP contribution is 2.19. The molecular formula is C30H28N4O4. The normalized spacial score (nSPS) is 11.9. The smallest absolute Gasteiger partial charge is 0.341 e. The number of nitrogens with zero attached hydrogens (tertiary/aromatic N) is 4. The van der Waals surface area contributed by atoms with Crippen molar-refractivity contribution in [3.8, 4) is 0 Å². The Morgan fingerprint density at radius 1 is 0.974 bits per heavy atom. The third-order valence-electron chi connectivity index (χ3n) is 6.47. The number of aryl methyl sites for hydroxylation is 1. The first-order valence-corrected chi connectivity index (χ1v) is 12.8. The Morgan fingerprint density at radius 2 is 1.76 bits per heavy atom. The largest absolute Gasteiger partial charge is 0.462 e. The van der Waals surface area contributed by atoms with Gasteiger partial charge in [-0.3, -0.25) is 14.0 Å². The van der Waals surface area contributed by atoms with E-state index in [1.54, 1.807) is 35.9 Å². The van der Waals surface area contributed by atoms with Gasteiger partial charge in [0, 0.05) is 12.7 Å². The van der Waals surface area contributed by atoms with Crippen molar-refractivity contribution in [1.29, 1.82) is 0 Å². The van der Waals surface area contributed by atoms with Gasteiger partial charge in [0.1, 0.15) is 16.9 Å². The molecule has 5 rings (SSSR count). The molecule has 8 heteroatoms. The van der Waals surface area contributed by atoms with Crippen molar-refractivity contribution in [2.45, 2.75) is 39.7 Å². The summed E-state index contributed by atoms with van der Waals surface area (Å²) in [6.45, 7) is 4.31. The van der Waals surface area contributed by atoms with Gasteiger partial charge < -0.3 is 9.30 Å². The highest BCUT2D eigenvalue weighted by Gasteiger charge is 2.20. The Morgan fingerprint density at radius 3 is 2.58 bits per heavy atom. The molecule has 0 radical (unpaired) electrons. The summed E-state index contributed by atoms with van der Waals surface area (Å²) in [7, 11) is 0. The summed E-state index contributed by atoms with van der Waals surface area (Å²) in [6.07, 6.45) is 3.29. The molecule has 38 heavy (non-hydrogen) atoms. The van der Waals surface area contributed by atoms with Crippen molar-refractivity contribution in [1.82, 2.24) is 14.0 Å². The average molecular weight is 509 g/mol. The van der Waals surface area contributed by atoms with Crippen molar-refractivity contribution in [2.75, 3.05) is 6.61 Å². The number of carbonyl (C=O) groups is 2. The number of amides is 1. The Kier molecular flexibility index (Phi) is 7.13. The molecule has 1 amide bonds. The third kappa shape index (κ3) is 4.72. The van der Waals surface area contributed by atoms with Crippen LogP contribution in [0.1, 0.15) is 42.6 Å². The van der Waals surface area contributed by atoms with Gasteiger partial charge in [0.25, 0.3) is 11.5 Å². The number of hydrogen-bond acceptors (Lipinski definition) is 5. The summed E-state index contributed by atoms with van der Waals surface area (Å²) in [5.41, 5.74) is 1.60. The Balaban J connectivity index is 1.76. The highest BCUT2D eigenvalue weighted by molar-refractivity contribution is 5.94. The lowest BCUT2D eigenvalue weighted by Gasteiger charge is -2.15. The zero-order chi connectivity index (χ0) is 26.6. The second kappa shape index (κ2) is 10.8. The fraction of sp³-hybridized carbons (Fsp3) is 0.233. The zero-order valence-electron chi connectivity index (χ0n) is 21.4. The molecule has 0 aliphatic carbocycles. The SMILES string of the molecule is CCCCn1c(=NC(=O)Cc2cccc3ccccc23)c(C(=O)OCC)cc2c(=O)n3ccccc3nc21. The van der Waals surface area contributed by atoms with Crippen LogP contribution in [-0.4, -0.2) is 32.4 Å². The number of benzene rings is 2. The molecule has 0 bridgehead atoms. The van der Waals surface area contributed by atoms with Crippen molar-refractivity contribution in [3.05, 3.63) is 99.9 Å². The van der Waals surface area contributed by atoms with Gasteiger partial charge in [-0.05, 0) is 47.9 Å².